The maximum Gasteiger partial charge on any atom is 0.0497 e. The number of hydrogen-bond acceptors (Lipinski definition) is 1. The van der Waals surface area contributed by atoms with Crippen molar-refractivity contribution in [1.29, 1.82) is 0 Å². The van der Waals surface area contributed by atoms with Crippen molar-refractivity contribution in [3.63, 3.8) is 0 Å². The summed E-state index contributed by atoms with van der Waals surface area (Å²) >= 11 is 0. The Morgan fingerprint density at radius 3 is 1.56 bits per heavy atom. The highest BCUT2D eigenvalue weighted by Gasteiger charge is 2.17. The van der Waals surface area contributed by atoms with Gasteiger partial charge in [-0.05, 0) is 121 Å². The number of benzene rings is 10. The third-order valence-corrected chi connectivity index (χ3v) is 12.7. The zero-order valence-electron chi connectivity index (χ0n) is 35.3. The topological polar surface area (TPSA) is 8.17 Å². The zero-order chi connectivity index (χ0) is 42.1. The Bertz CT molecular complexity index is 3370. The van der Waals surface area contributed by atoms with Crippen LogP contribution in [0.25, 0.3) is 88.2 Å². The Labute approximate surface area is 369 Å². The van der Waals surface area contributed by atoms with Gasteiger partial charge in [0.05, 0.1) is 0 Å². The Balaban J connectivity index is 0.949. The SMILES string of the molecule is CCn1c2ccccc2c2c(-c3cccc(-c4ccccc4CN(c4ccc(-c5ccccc5)cc4)c4ccc(-c5ccc(-c6cccc7ccccc67)cc5)cc4)c3)cccc21. The summed E-state index contributed by atoms with van der Waals surface area (Å²) < 4.78 is 2.43. The first-order valence-corrected chi connectivity index (χ1v) is 22.0. The van der Waals surface area contributed by atoms with Crippen LogP contribution in [0.5, 0.6) is 0 Å². The first-order chi connectivity index (χ1) is 31.2. The van der Waals surface area contributed by atoms with Crippen molar-refractivity contribution in [2.45, 2.75) is 20.0 Å². The molecular weight excluding hydrogens is 761 g/mol. The minimum Gasteiger partial charge on any atom is -0.341 e. The number of anilines is 2. The molecule has 0 bridgehead atoms. The summed E-state index contributed by atoms with van der Waals surface area (Å²) in [6, 6.07) is 86.5. The van der Waals surface area contributed by atoms with Crippen LogP contribution in [0.4, 0.5) is 11.4 Å². The van der Waals surface area contributed by atoms with Crippen LogP contribution in [0.1, 0.15) is 12.5 Å². The molecule has 0 fully saturated rings. The van der Waals surface area contributed by atoms with Gasteiger partial charge in [-0.1, -0.05) is 194 Å². The average Bonchev–Trinajstić information content (AvgIpc) is 3.70. The maximum atomic E-state index is 2.45. The molecule has 11 aromatic rings. The monoisotopic (exact) mass is 806 g/mol. The van der Waals surface area contributed by atoms with E-state index in [9.17, 15) is 0 Å². The van der Waals surface area contributed by atoms with E-state index in [-0.39, 0.29) is 0 Å². The second-order valence-corrected chi connectivity index (χ2v) is 16.3. The average molecular weight is 807 g/mol. The predicted octanol–water partition coefficient (Wildman–Crippen LogP) is 16.6. The highest BCUT2D eigenvalue weighted by molar-refractivity contribution is 6.15. The molecule has 0 aliphatic carbocycles. The van der Waals surface area contributed by atoms with Gasteiger partial charge in [0.1, 0.15) is 0 Å². The molecule has 10 aromatic carbocycles. The summed E-state index contributed by atoms with van der Waals surface area (Å²) in [4.78, 5) is 2.45. The summed E-state index contributed by atoms with van der Waals surface area (Å²) in [7, 11) is 0. The van der Waals surface area contributed by atoms with Gasteiger partial charge in [0.25, 0.3) is 0 Å². The fraction of sp³-hybridized carbons (Fsp3) is 0.0492. The van der Waals surface area contributed by atoms with Crippen LogP contribution >= 0.6 is 0 Å². The third-order valence-electron chi connectivity index (χ3n) is 12.7. The number of aromatic nitrogens is 1. The second kappa shape index (κ2) is 16.5. The lowest BCUT2D eigenvalue weighted by atomic mass is 9.93. The van der Waals surface area contributed by atoms with Crippen molar-refractivity contribution in [3.8, 4) is 55.6 Å². The lowest BCUT2D eigenvalue weighted by molar-refractivity contribution is 0.827. The number of nitrogens with zero attached hydrogens (tertiary/aromatic N) is 2. The molecule has 0 amide bonds. The second-order valence-electron chi connectivity index (χ2n) is 16.3. The van der Waals surface area contributed by atoms with E-state index >= 15 is 0 Å². The standard InChI is InChI=1S/C61H46N2/c1-2-62-59-27-11-10-24-58(59)61-57(26-14-28-60(61)62)50-21-12-20-49(41-50)54-22-8-7-18-51(54)42-63(52-37-33-45(34-38-52)43-15-4-3-5-16-43)53-39-35-46(36-40-53)44-29-31-48(32-30-44)56-25-13-19-47-17-6-9-23-55(47)56/h3-41H,2,42H2,1H3. The van der Waals surface area contributed by atoms with Gasteiger partial charge in [0.15, 0.2) is 0 Å². The summed E-state index contributed by atoms with van der Waals surface area (Å²) in [6.45, 7) is 3.86. The maximum absolute atomic E-state index is 2.45. The van der Waals surface area contributed by atoms with Crippen molar-refractivity contribution >= 4 is 44.0 Å². The molecule has 63 heavy (non-hydrogen) atoms. The minimum atomic E-state index is 0.698. The molecule has 0 radical (unpaired) electrons. The quantitative estimate of drug-likeness (QED) is 0.134. The van der Waals surface area contributed by atoms with Crippen molar-refractivity contribution in [2.75, 3.05) is 4.90 Å². The van der Waals surface area contributed by atoms with E-state index in [1.54, 1.807) is 0 Å². The van der Waals surface area contributed by atoms with E-state index in [4.69, 9.17) is 0 Å². The Hall–Kier alpha value is -7.94. The molecule has 0 atom stereocenters. The molecule has 2 nitrogen and oxygen atoms in total. The van der Waals surface area contributed by atoms with E-state index in [1.807, 2.05) is 0 Å². The van der Waals surface area contributed by atoms with Crippen LogP contribution in [-0.4, -0.2) is 4.57 Å². The van der Waals surface area contributed by atoms with E-state index < -0.39 is 0 Å². The van der Waals surface area contributed by atoms with Crippen molar-refractivity contribution in [1.82, 2.24) is 4.57 Å². The number of rotatable bonds is 10. The predicted molar refractivity (Wildman–Crippen MR) is 269 cm³/mol. The van der Waals surface area contributed by atoms with Crippen molar-refractivity contribution in [2.24, 2.45) is 0 Å². The Morgan fingerprint density at radius 2 is 0.825 bits per heavy atom. The molecule has 0 unspecified atom stereocenters. The molecule has 2 heteroatoms. The van der Waals surface area contributed by atoms with Crippen LogP contribution in [0.3, 0.4) is 0 Å². The largest absolute Gasteiger partial charge is 0.341 e. The molecule has 0 spiro atoms. The molecule has 0 aliphatic heterocycles. The van der Waals surface area contributed by atoms with Crippen LogP contribution in [-0.2, 0) is 13.1 Å². The number of aryl methyl sites for hydroxylation is 1. The van der Waals surface area contributed by atoms with Crippen LogP contribution in [0.15, 0.2) is 237 Å². The summed E-state index contributed by atoms with van der Waals surface area (Å²) in [5.74, 6) is 0. The summed E-state index contributed by atoms with van der Waals surface area (Å²) in [5.41, 5.74) is 18.3. The lowest BCUT2D eigenvalue weighted by Gasteiger charge is -2.27. The highest BCUT2D eigenvalue weighted by atomic mass is 15.1. The van der Waals surface area contributed by atoms with E-state index in [0.717, 1.165) is 17.9 Å². The molecule has 0 saturated heterocycles. The molecule has 300 valence electrons. The van der Waals surface area contributed by atoms with E-state index in [2.05, 4.69) is 253 Å². The van der Waals surface area contributed by atoms with Gasteiger partial charge in [-0.3, -0.25) is 0 Å². The van der Waals surface area contributed by atoms with E-state index in [1.165, 1.54) is 93.8 Å². The third kappa shape index (κ3) is 7.16. The van der Waals surface area contributed by atoms with Gasteiger partial charge in [-0.25, -0.2) is 0 Å². The molecule has 0 N–H and O–H groups in total. The molecule has 0 aliphatic rings. The van der Waals surface area contributed by atoms with Crippen molar-refractivity contribution in [3.05, 3.63) is 242 Å². The van der Waals surface area contributed by atoms with Gasteiger partial charge >= 0.3 is 0 Å². The fourth-order valence-electron chi connectivity index (χ4n) is 9.59. The fourth-order valence-corrected chi connectivity index (χ4v) is 9.59. The van der Waals surface area contributed by atoms with Gasteiger partial charge in [-0.15, -0.1) is 0 Å². The smallest absolute Gasteiger partial charge is 0.0497 e. The van der Waals surface area contributed by atoms with E-state index in [0.29, 0.717) is 6.54 Å². The first-order valence-electron chi connectivity index (χ1n) is 22.0. The molecule has 0 saturated carbocycles. The van der Waals surface area contributed by atoms with Crippen LogP contribution < -0.4 is 4.90 Å². The number of fused-ring (bicyclic) bond motifs is 4. The lowest BCUT2D eigenvalue weighted by Crippen LogP contribution is -2.17. The number of para-hydroxylation sites is 1. The summed E-state index contributed by atoms with van der Waals surface area (Å²) in [5, 5.41) is 5.15. The first kappa shape index (κ1) is 38.0. The normalized spacial score (nSPS) is 11.4. The van der Waals surface area contributed by atoms with Gasteiger partial charge in [0.2, 0.25) is 0 Å². The Kier molecular flexibility index (Phi) is 9.95. The van der Waals surface area contributed by atoms with Gasteiger partial charge < -0.3 is 9.47 Å². The number of hydrogen-bond donors (Lipinski definition) is 0. The summed E-state index contributed by atoms with van der Waals surface area (Å²) in [6.07, 6.45) is 0. The molecule has 1 aromatic heterocycles. The zero-order valence-corrected chi connectivity index (χ0v) is 35.3. The minimum absolute atomic E-state index is 0.698. The van der Waals surface area contributed by atoms with Crippen LogP contribution in [0.2, 0.25) is 0 Å². The Morgan fingerprint density at radius 1 is 0.349 bits per heavy atom. The van der Waals surface area contributed by atoms with Gasteiger partial charge in [-0.2, -0.15) is 0 Å². The highest BCUT2D eigenvalue weighted by Crippen LogP contribution is 2.40. The molecular formula is C61H46N2. The van der Waals surface area contributed by atoms with Gasteiger partial charge in [0, 0.05) is 46.3 Å². The molecule has 1 heterocycles. The molecule has 11 rings (SSSR count). The van der Waals surface area contributed by atoms with Crippen molar-refractivity contribution < 1.29 is 0 Å². The van der Waals surface area contributed by atoms with Crippen LogP contribution in [0, 0.1) is 0 Å².